The van der Waals surface area contributed by atoms with Gasteiger partial charge in [-0.3, -0.25) is 4.90 Å². The second-order valence-corrected chi connectivity index (χ2v) is 10.4. The highest BCUT2D eigenvalue weighted by Gasteiger charge is 2.28. The van der Waals surface area contributed by atoms with Crippen molar-refractivity contribution in [1.82, 2.24) is 4.90 Å². The van der Waals surface area contributed by atoms with Gasteiger partial charge in [0.1, 0.15) is 11.2 Å². The molecule has 0 fully saturated rings. The van der Waals surface area contributed by atoms with Crippen LogP contribution in [0.1, 0.15) is 67.4 Å². The third-order valence-electron chi connectivity index (χ3n) is 4.40. The maximum atomic E-state index is 13.2. The van der Waals surface area contributed by atoms with E-state index >= 15 is 0 Å². The summed E-state index contributed by atoms with van der Waals surface area (Å²) in [4.78, 5) is 27.2. The Morgan fingerprint density at radius 3 is 2.00 bits per heavy atom. The molecule has 1 aromatic carbocycles. The molecule has 1 aromatic rings. The van der Waals surface area contributed by atoms with Crippen LogP contribution in [0.15, 0.2) is 30.4 Å². The van der Waals surface area contributed by atoms with E-state index in [0.717, 1.165) is 5.56 Å². The predicted octanol–water partition coefficient (Wildman–Crippen LogP) is 5.75. The summed E-state index contributed by atoms with van der Waals surface area (Å²) in [5, 5.41) is 0. The van der Waals surface area contributed by atoms with Gasteiger partial charge in [0.25, 0.3) is 0 Å². The van der Waals surface area contributed by atoms with Gasteiger partial charge in [0.15, 0.2) is 11.5 Å². The van der Waals surface area contributed by atoms with Crippen LogP contribution < -0.4 is 9.47 Å². The van der Waals surface area contributed by atoms with Gasteiger partial charge >= 0.3 is 12.1 Å². The Kier molecular flexibility index (Phi) is 10.3. The average molecular weight is 464 g/mol. The molecule has 0 saturated heterocycles. The number of esters is 1. The van der Waals surface area contributed by atoms with Crippen molar-refractivity contribution < 1.29 is 28.5 Å². The lowest BCUT2D eigenvalue weighted by Gasteiger charge is -2.33. The molecule has 1 atom stereocenters. The van der Waals surface area contributed by atoms with Crippen LogP contribution in [0.4, 0.5) is 4.79 Å². The minimum Gasteiger partial charge on any atom is -0.493 e. The molecule has 0 spiro atoms. The molecule has 0 aliphatic heterocycles. The fraction of sp³-hybridized carbons (Fsp3) is 0.615. The summed E-state index contributed by atoms with van der Waals surface area (Å²) in [7, 11) is 3.14. The number of carbonyl (C=O) groups excluding carboxylic acids is 2. The van der Waals surface area contributed by atoms with E-state index in [1.165, 1.54) is 6.08 Å². The first-order valence-electron chi connectivity index (χ1n) is 11.3. The highest BCUT2D eigenvalue weighted by Crippen LogP contribution is 2.29. The van der Waals surface area contributed by atoms with Crippen molar-refractivity contribution in [2.75, 3.05) is 14.2 Å². The van der Waals surface area contributed by atoms with Crippen molar-refractivity contribution in [1.29, 1.82) is 0 Å². The van der Waals surface area contributed by atoms with Gasteiger partial charge in [-0.2, -0.15) is 0 Å². The lowest BCUT2D eigenvalue weighted by Crippen LogP contribution is -2.43. The number of amides is 1. The molecule has 0 saturated carbocycles. The third-order valence-corrected chi connectivity index (χ3v) is 4.40. The summed E-state index contributed by atoms with van der Waals surface area (Å²) >= 11 is 0. The Bertz CT molecular complexity index is 817. The van der Waals surface area contributed by atoms with Crippen LogP contribution in [0, 0.1) is 5.92 Å². The lowest BCUT2D eigenvalue weighted by atomic mass is 10.0. The van der Waals surface area contributed by atoms with Crippen molar-refractivity contribution in [2.24, 2.45) is 5.92 Å². The Morgan fingerprint density at radius 2 is 1.52 bits per heavy atom. The van der Waals surface area contributed by atoms with Crippen LogP contribution in [0.5, 0.6) is 11.5 Å². The van der Waals surface area contributed by atoms with Crippen LogP contribution in [0.2, 0.25) is 0 Å². The highest BCUT2D eigenvalue weighted by molar-refractivity contribution is 5.82. The van der Waals surface area contributed by atoms with Gasteiger partial charge in [-0.05, 0) is 71.6 Å². The number of carbonyl (C=O) groups is 2. The minimum absolute atomic E-state index is 0.269. The van der Waals surface area contributed by atoms with Crippen molar-refractivity contribution in [3.8, 4) is 11.5 Å². The van der Waals surface area contributed by atoms with E-state index in [4.69, 9.17) is 18.9 Å². The molecule has 0 heterocycles. The van der Waals surface area contributed by atoms with E-state index in [9.17, 15) is 9.59 Å². The molecular weight excluding hydrogens is 422 g/mol. The normalized spacial score (nSPS) is 13.1. The number of hydrogen-bond donors (Lipinski definition) is 0. The molecule has 1 unspecified atom stereocenters. The number of nitrogens with zero attached hydrogens (tertiary/aromatic N) is 1. The Labute approximate surface area is 199 Å². The molecule has 33 heavy (non-hydrogen) atoms. The molecule has 0 N–H and O–H groups in total. The summed E-state index contributed by atoms with van der Waals surface area (Å²) in [5.74, 6) is 0.998. The van der Waals surface area contributed by atoms with E-state index in [2.05, 4.69) is 13.8 Å². The predicted molar refractivity (Wildman–Crippen MR) is 130 cm³/mol. The first-order valence-corrected chi connectivity index (χ1v) is 11.3. The molecular formula is C26H41NO6. The molecule has 0 aliphatic carbocycles. The maximum absolute atomic E-state index is 13.2. The maximum Gasteiger partial charge on any atom is 0.411 e. The molecule has 186 valence electrons. The van der Waals surface area contributed by atoms with Gasteiger partial charge in [0.05, 0.1) is 20.3 Å². The molecule has 1 amide bonds. The third kappa shape index (κ3) is 10.6. The Balaban J connectivity index is 3.33. The van der Waals surface area contributed by atoms with E-state index in [0.29, 0.717) is 17.9 Å². The monoisotopic (exact) mass is 463 g/mol. The van der Waals surface area contributed by atoms with Gasteiger partial charge in [-0.15, -0.1) is 0 Å². The SMILES string of the molecule is COc1ccc(CN(C(=O)OC(C)(C)C)C(/C=C\C(=O)OC(C)(C)C)CC(C)C)cc1OC. The Hall–Kier alpha value is -2.70. The van der Waals surface area contributed by atoms with Crippen LogP contribution in [0.3, 0.4) is 0 Å². The quantitative estimate of drug-likeness (QED) is 0.343. The molecule has 0 bridgehead atoms. The molecule has 1 rings (SSSR count). The summed E-state index contributed by atoms with van der Waals surface area (Å²) in [5.41, 5.74) is -0.415. The van der Waals surface area contributed by atoms with Crippen LogP contribution in [-0.4, -0.2) is 48.4 Å². The largest absolute Gasteiger partial charge is 0.493 e. The topological polar surface area (TPSA) is 74.3 Å². The zero-order chi connectivity index (χ0) is 25.4. The summed E-state index contributed by atoms with van der Waals surface area (Å²) in [6.07, 6.45) is 3.30. The summed E-state index contributed by atoms with van der Waals surface area (Å²) in [6, 6.07) is 5.14. The fourth-order valence-corrected chi connectivity index (χ4v) is 3.13. The fourth-order valence-electron chi connectivity index (χ4n) is 3.13. The smallest absolute Gasteiger partial charge is 0.411 e. The standard InChI is InChI=1S/C26H41NO6/c1-18(2)15-20(12-14-23(28)32-25(3,4)5)27(24(29)33-26(6,7)8)17-19-11-13-21(30-9)22(16-19)31-10/h11-14,16,18,20H,15,17H2,1-10H3/b14-12-. The van der Waals surface area contributed by atoms with E-state index < -0.39 is 23.3 Å². The van der Waals surface area contributed by atoms with Crippen molar-refractivity contribution >= 4 is 12.1 Å². The number of rotatable bonds is 9. The van der Waals surface area contributed by atoms with Gasteiger partial charge < -0.3 is 18.9 Å². The van der Waals surface area contributed by atoms with Crippen molar-refractivity contribution in [3.05, 3.63) is 35.9 Å². The molecule has 0 aliphatic rings. The zero-order valence-electron chi connectivity index (χ0n) is 21.9. The van der Waals surface area contributed by atoms with E-state index in [1.54, 1.807) is 31.3 Å². The van der Waals surface area contributed by atoms with Gasteiger partial charge in [-0.25, -0.2) is 9.59 Å². The van der Waals surface area contributed by atoms with Crippen LogP contribution in [-0.2, 0) is 20.8 Å². The lowest BCUT2D eigenvalue weighted by molar-refractivity contribution is -0.148. The minimum atomic E-state index is -0.663. The van der Waals surface area contributed by atoms with Crippen molar-refractivity contribution in [2.45, 2.75) is 85.6 Å². The van der Waals surface area contributed by atoms with Gasteiger partial charge in [0.2, 0.25) is 0 Å². The first-order chi connectivity index (χ1) is 15.1. The first kappa shape index (κ1) is 28.3. The summed E-state index contributed by atoms with van der Waals surface area (Å²) in [6.45, 7) is 15.3. The van der Waals surface area contributed by atoms with E-state index in [-0.39, 0.29) is 18.5 Å². The average Bonchev–Trinajstić information content (AvgIpc) is 2.66. The number of hydrogen-bond acceptors (Lipinski definition) is 6. The van der Waals surface area contributed by atoms with Gasteiger partial charge in [0, 0.05) is 12.6 Å². The Morgan fingerprint density at radius 1 is 0.939 bits per heavy atom. The molecule has 7 nitrogen and oxygen atoms in total. The number of ether oxygens (including phenoxy) is 4. The van der Waals surface area contributed by atoms with Crippen LogP contribution >= 0.6 is 0 Å². The second kappa shape index (κ2) is 12.0. The van der Waals surface area contributed by atoms with E-state index in [1.807, 2.05) is 53.7 Å². The van der Waals surface area contributed by atoms with Crippen molar-refractivity contribution in [3.63, 3.8) is 0 Å². The second-order valence-electron chi connectivity index (χ2n) is 10.4. The number of methoxy groups -OCH3 is 2. The highest BCUT2D eigenvalue weighted by atomic mass is 16.6. The molecule has 0 aromatic heterocycles. The molecule has 7 heteroatoms. The van der Waals surface area contributed by atoms with Gasteiger partial charge in [-0.1, -0.05) is 26.0 Å². The summed E-state index contributed by atoms with van der Waals surface area (Å²) < 4.78 is 21.8. The zero-order valence-corrected chi connectivity index (χ0v) is 21.9. The molecule has 0 radical (unpaired) electrons. The number of benzene rings is 1. The van der Waals surface area contributed by atoms with Crippen LogP contribution in [0.25, 0.3) is 0 Å².